The van der Waals surface area contributed by atoms with E-state index >= 15 is 0 Å². The van der Waals surface area contributed by atoms with Crippen LogP contribution >= 0.6 is 11.6 Å². The van der Waals surface area contributed by atoms with E-state index < -0.39 is 5.97 Å². The van der Waals surface area contributed by atoms with Gasteiger partial charge in [0.05, 0.1) is 5.56 Å². The first-order valence-corrected chi connectivity index (χ1v) is 5.33. The van der Waals surface area contributed by atoms with Gasteiger partial charge in [-0.25, -0.2) is 9.78 Å². The fraction of sp³-hybridized carbons (Fsp3) is 0. The smallest absolute Gasteiger partial charge is 0.335 e. The Kier molecular flexibility index (Phi) is 3.29. The van der Waals surface area contributed by atoms with Gasteiger partial charge in [-0.2, -0.15) is 4.98 Å². The molecule has 0 fully saturated rings. The average molecular weight is 265 g/mol. The number of nitrogens with one attached hydrogen (secondary N) is 1. The number of benzene rings is 1. The molecule has 0 radical (unpaired) electrons. The Labute approximate surface area is 107 Å². The van der Waals surface area contributed by atoms with Crippen LogP contribution in [-0.4, -0.2) is 21.0 Å². The zero-order chi connectivity index (χ0) is 13.1. The first kappa shape index (κ1) is 12.1. The van der Waals surface area contributed by atoms with Gasteiger partial charge in [0, 0.05) is 11.8 Å². The van der Waals surface area contributed by atoms with Crippen LogP contribution in [0.2, 0.25) is 5.15 Å². The second-order valence-corrected chi connectivity index (χ2v) is 3.83. The Morgan fingerprint density at radius 3 is 2.78 bits per heavy atom. The van der Waals surface area contributed by atoms with Crippen LogP contribution in [0.1, 0.15) is 10.4 Å². The molecule has 1 heterocycles. The lowest BCUT2D eigenvalue weighted by Crippen LogP contribution is -2.01. The molecule has 0 aliphatic heterocycles. The number of carboxylic acids is 1. The molecular formula is C11H9ClN4O2. The van der Waals surface area contributed by atoms with Crippen molar-refractivity contribution in [3.8, 4) is 0 Å². The minimum atomic E-state index is -1.00. The highest BCUT2D eigenvalue weighted by Crippen LogP contribution is 2.19. The van der Waals surface area contributed by atoms with E-state index in [4.69, 9.17) is 22.4 Å². The normalized spacial score (nSPS) is 10.1. The summed E-state index contributed by atoms with van der Waals surface area (Å²) in [7, 11) is 0. The molecule has 0 amide bonds. The first-order valence-electron chi connectivity index (χ1n) is 4.95. The van der Waals surface area contributed by atoms with E-state index in [1.807, 2.05) is 0 Å². The van der Waals surface area contributed by atoms with Gasteiger partial charge in [0.1, 0.15) is 11.0 Å². The second-order valence-electron chi connectivity index (χ2n) is 3.45. The highest BCUT2D eigenvalue weighted by Gasteiger charge is 2.05. The molecule has 7 heteroatoms. The monoisotopic (exact) mass is 264 g/mol. The lowest BCUT2D eigenvalue weighted by molar-refractivity contribution is 0.0697. The third-order valence-electron chi connectivity index (χ3n) is 2.09. The number of nitrogens with zero attached hydrogens (tertiary/aromatic N) is 2. The Morgan fingerprint density at radius 2 is 2.11 bits per heavy atom. The molecule has 0 spiro atoms. The van der Waals surface area contributed by atoms with Crippen LogP contribution in [0.25, 0.3) is 0 Å². The van der Waals surface area contributed by atoms with Crippen molar-refractivity contribution in [1.29, 1.82) is 0 Å². The molecule has 0 unspecified atom stereocenters. The van der Waals surface area contributed by atoms with E-state index in [0.717, 1.165) is 0 Å². The number of hydrogen-bond donors (Lipinski definition) is 3. The summed E-state index contributed by atoms with van der Waals surface area (Å²) in [6.45, 7) is 0. The van der Waals surface area contributed by atoms with Gasteiger partial charge in [-0.05, 0) is 18.2 Å². The number of carbonyl (C=O) groups is 1. The average Bonchev–Trinajstić information content (AvgIpc) is 2.27. The molecule has 1 aromatic heterocycles. The minimum Gasteiger partial charge on any atom is -0.478 e. The van der Waals surface area contributed by atoms with Crippen molar-refractivity contribution in [2.45, 2.75) is 0 Å². The van der Waals surface area contributed by atoms with Crippen molar-refractivity contribution in [1.82, 2.24) is 9.97 Å². The summed E-state index contributed by atoms with van der Waals surface area (Å²) >= 11 is 5.73. The zero-order valence-electron chi connectivity index (χ0n) is 9.09. The third kappa shape index (κ3) is 2.86. The lowest BCUT2D eigenvalue weighted by atomic mass is 10.2. The van der Waals surface area contributed by atoms with Gasteiger partial charge in [-0.15, -0.1) is 0 Å². The maximum Gasteiger partial charge on any atom is 0.335 e. The fourth-order valence-electron chi connectivity index (χ4n) is 1.38. The zero-order valence-corrected chi connectivity index (χ0v) is 9.85. The highest BCUT2D eigenvalue weighted by atomic mass is 35.5. The van der Waals surface area contributed by atoms with Gasteiger partial charge in [-0.1, -0.05) is 17.7 Å². The van der Waals surface area contributed by atoms with Gasteiger partial charge in [0.15, 0.2) is 0 Å². The number of halogens is 1. The Bertz CT molecular complexity index is 583. The summed E-state index contributed by atoms with van der Waals surface area (Å²) in [5, 5.41) is 12.0. The molecule has 2 rings (SSSR count). The molecule has 2 aromatic rings. The van der Waals surface area contributed by atoms with Crippen LogP contribution in [0.4, 0.5) is 17.5 Å². The minimum absolute atomic E-state index is 0.0411. The maximum absolute atomic E-state index is 10.8. The number of carboxylic acid groups (broad SMARTS) is 1. The van der Waals surface area contributed by atoms with Crippen LogP contribution in [0.5, 0.6) is 0 Å². The number of anilines is 3. The predicted molar refractivity (Wildman–Crippen MR) is 68.1 cm³/mol. The molecule has 0 aliphatic carbocycles. The van der Waals surface area contributed by atoms with Crippen molar-refractivity contribution in [3.63, 3.8) is 0 Å². The maximum atomic E-state index is 10.8. The Balaban J connectivity index is 2.28. The van der Waals surface area contributed by atoms with E-state index in [9.17, 15) is 4.79 Å². The van der Waals surface area contributed by atoms with Crippen LogP contribution < -0.4 is 11.1 Å². The Morgan fingerprint density at radius 1 is 1.33 bits per heavy atom. The SMILES string of the molecule is Nc1nc(Cl)cc(Nc2cccc(C(=O)O)c2)n1. The molecule has 92 valence electrons. The number of rotatable bonds is 3. The first-order chi connectivity index (χ1) is 8.54. The molecule has 0 saturated heterocycles. The number of nitrogens with two attached hydrogens (primary N) is 1. The topological polar surface area (TPSA) is 101 Å². The third-order valence-corrected chi connectivity index (χ3v) is 2.29. The van der Waals surface area contributed by atoms with Gasteiger partial charge >= 0.3 is 5.97 Å². The fourth-order valence-corrected chi connectivity index (χ4v) is 1.57. The van der Waals surface area contributed by atoms with Crippen molar-refractivity contribution in [2.75, 3.05) is 11.1 Å². The molecule has 18 heavy (non-hydrogen) atoms. The summed E-state index contributed by atoms with van der Waals surface area (Å²) in [5.74, 6) is -0.562. The quantitative estimate of drug-likeness (QED) is 0.734. The van der Waals surface area contributed by atoms with Gasteiger partial charge < -0.3 is 16.2 Å². The molecular weight excluding hydrogens is 256 g/mol. The summed E-state index contributed by atoms with van der Waals surface area (Å²) in [6, 6.07) is 7.80. The van der Waals surface area contributed by atoms with E-state index in [-0.39, 0.29) is 16.7 Å². The number of aromatic nitrogens is 2. The summed E-state index contributed by atoms with van der Waals surface area (Å²) in [6.07, 6.45) is 0. The molecule has 6 nitrogen and oxygen atoms in total. The van der Waals surface area contributed by atoms with Crippen molar-refractivity contribution >= 4 is 35.0 Å². The van der Waals surface area contributed by atoms with Gasteiger partial charge in [-0.3, -0.25) is 0 Å². The lowest BCUT2D eigenvalue weighted by Gasteiger charge is -2.07. The predicted octanol–water partition coefficient (Wildman–Crippen LogP) is 2.15. The molecule has 0 atom stereocenters. The molecule has 4 N–H and O–H groups in total. The second kappa shape index (κ2) is 4.89. The van der Waals surface area contributed by atoms with Crippen molar-refractivity contribution < 1.29 is 9.90 Å². The van der Waals surface area contributed by atoms with Crippen LogP contribution in [0, 0.1) is 0 Å². The van der Waals surface area contributed by atoms with E-state index in [1.54, 1.807) is 12.1 Å². The largest absolute Gasteiger partial charge is 0.478 e. The van der Waals surface area contributed by atoms with E-state index in [0.29, 0.717) is 11.5 Å². The number of hydrogen-bond acceptors (Lipinski definition) is 5. The molecule has 0 saturated carbocycles. The van der Waals surface area contributed by atoms with E-state index in [1.165, 1.54) is 18.2 Å². The molecule has 0 aliphatic rings. The molecule has 0 bridgehead atoms. The summed E-state index contributed by atoms with van der Waals surface area (Å²) in [5.41, 5.74) is 6.20. The summed E-state index contributed by atoms with van der Waals surface area (Å²) in [4.78, 5) is 18.5. The summed E-state index contributed by atoms with van der Waals surface area (Å²) < 4.78 is 0. The Hall–Kier alpha value is -2.34. The molecule has 1 aromatic carbocycles. The van der Waals surface area contributed by atoms with Gasteiger partial charge in [0.2, 0.25) is 5.95 Å². The van der Waals surface area contributed by atoms with Crippen LogP contribution in [0.15, 0.2) is 30.3 Å². The van der Waals surface area contributed by atoms with Gasteiger partial charge in [0.25, 0.3) is 0 Å². The van der Waals surface area contributed by atoms with Crippen LogP contribution in [-0.2, 0) is 0 Å². The van der Waals surface area contributed by atoms with Crippen molar-refractivity contribution in [2.24, 2.45) is 0 Å². The van der Waals surface area contributed by atoms with Crippen LogP contribution in [0.3, 0.4) is 0 Å². The highest BCUT2D eigenvalue weighted by molar-refractivity contribution is 6.29. The number of aromatic carboxylic acids is 1. The number of nitrogen functional groups attached to an aromatic ring is 1. The van der Waals surface area contributed by atoms with E-state index in [2.05, 4.69) is 15.3 Å². The van der Waals surface area contributed by atoms with Crippen molar-refractivity contribution in [3.05, 3.63) is 41.0 Å². The standard InChI is InChI=1S/C11H9ClN4O2/c12-8-5-9(16-11(13)15-8)14-7-3-1-2-6(4-7)10(17)18/h1-5H,(H,17,18)(H3,13,14,15,16).